The summed E-state index contributed by atoms with van der Waals surface area (Å²) < 4.78 is 16.2. The molecule has 0 radical (unpaired) electrons. The molecule has 0 aliphatic heterocycles. The van der Waals surface area contributed by atoms with E-state index in [0.717, 1.165) is 29.4 Å². The zero-order valence-electron chi connectivity index (χ0n) is 12.2. The molecule has 0 spiro atoms. The average Bonchev–Trinajstić information content (AvgIpc) is 2.99. The monoisotopic (exact) mass is 275 g/mol. The van der Waals surface area contributed by atoms with E-state index in [1.165, 1.54) is 0 Å². The highest BCUT2D eigenvalue weighted by molar-refractivity contribution is 5.42. The number of hydrogen-bond donors (Lipinski definition) is 1. The Morgan fingerprint density at radius 2 is 2.10 bits per heavy atom. The van der Waals surface area contributed by atoms with Gasteiger partial charge in [0.25, 0.3) is 0 Å². The van der Waals surface area contributed by atoms with Gasteiger partial charge in [0.15, 0.2) is 11.5 Å². The summed E-state index contributed by atoms with van der Waals surface area (Å²) in [4.78, 5) is 0. The number of furan rings is 1. The van der Waals surface area contributed by atoms with Gasteiger partial charge in [-0.05, 0) is 43.7 Å². The lowest BCUT2D eigenvalue weighted by Crippen LogP contribution is -2.17. The second-order valence-electron chi connectivity index (χ2n) is 4.54. The van der Waals surface area contributed by atoms with Crippen molar-refractivity contribution in [2.45, 2.75) is 26.4 Å². The van der Waals surface area contributed by atoms with Crippen LogP contribution in [-0.2, 0) is 6.54 Å². The smallest absolute Gasteiger partial charge is 0.161 e. The van der Waals surface area contributed by atoms with E-state index in [2.05, 4.69) is 12.2 Å². The Bertz CT molecular complexity index is 523. The molecule has 2 aromatic rings. The van der Waals surface area contributed by atoms with Crippen LogP contribution in [0.3, 0.4) is 0 Å². The Morgan fingerprint density at radius 1 is 1.25 bits per heavy atom. The average molecular weight is 275 g/mol. The van der Waals surface area contributed by atoms with Crippen LogP contribution in [0.4, 0.5) is 0 Å². The zero-order chi connectivity index (χ0) is 14.4. The molecular formula is C16H21NO3. The van der Waals surface area contributed by atoms with Crippen LogP contribution in [0.1, 0.15) is 31.2 Å². The van der Waals surface area contributed by atoms with Crippen molar-refractivity contribution in [2.24, 2.45) is 0 Å². The van der Waals surface area contributed by atoms with Gasteiger partial charge in [0.1, 0.15) is 5.76 Å². The number of ether oxygens (including phenoxy) is 2. The van der Waals surface area contributed by atoms with Gasteiger partial charge in [-0.2, -0.15) is 0 Å². The van der Waals surface area contributed by atoms with E-state index in [9.17, 15) is 0 Å². The van der Waals surface area contributed by atoms with Crippen molar-refractivity contribution in [1.29, 1.82) is 0 Å². The number of hydrogen-bond acceptors (Lipinski definition) is 4. The molecule has 4 heteroatoms. The Labute approximate surface area is 119 Å². The van der Waals surface area contributed by atoms with Crippen molar-refractivity contribution in [3.8, 4) is 11.5 Å². The molecule has 108 valence electrons. The van der Waals surface area contributed by atoms with Gasteiger partial charge in [-0.15, -0.1) is 0 Å². The standard InChI is InChI=1S/C16H21NO3/c1-4-19-16-10-13(7-8-15(16)18-3)11-17-12(2)14-6-5-9-20-14/h5-10,12,17H,4,11H2,1-3H3. The van der Waals surface area contributed by atoms with Gasteiger partial charge in [0, 0.05) is 6.54 Å². The lowest BCUT2D eigenvalue weighted by molar-refractivity contribution is 0.310. The van der Waals surface area contributed by atoms with E-state index in [4.69, 9.17) is 13.9 Å². The molecule has 0 aliphatic rings. The predicted molar refractivity (Wildman–Crippen MR) is 78.1 cm³/mol. The van der Waals surface area contributed by atoms with Crippen molar-refractivity contribution in [3.05, 3.63) is 47.9 Å². The summed E-state index contributed by atoms with van der Waals surface area (Å²) in [5.41, 5.74) is 1.15. The van der Waals surface area contributed by atoms with Crippen LogP contribution >= 0.6 is 0 Å². The minimum absolute atomic E-state index is 0.169. The normalized spacial score (nSPS) is 12.2. The van der Waals surface area contributed by atoms with Crippen molar-refractivity contribution >= 4 is 0 Å². The highest BCUT2D eigenvalue weighted by Gasteiger charge is 2.09. The number of rotatable bonds is 7. The van der Waals surface area contributed by atoms with Crippen molar-refractivity contribution < 1.29 is 13.9 Å². The molecule has 0 aliphatic carbocycles. The van der Waals surface area contributed by atoms with Gasteiger partial charge in [-0.1, -0.05) is 6.07 Å². The highest BCUT2D eigenvalue weighted by atomic mass is 16.5. The van der Waals surface area contributed by atoms with Gasteiger partial charge in [0.05, 0.1) is 26.0 Å². The van der Waals surface area contributed by atoms with Crippen molar-refractivity contribution in [1.82, 2.24) is 5.32 Å². The van der Waals surface area contributed by atoms with Crippen molar-refractivity contribution in [2.75, 3.05) is 13.7 Å². The molecule has 0 saturated carbocycles. The summed E-state index contributed by atoms with van der Waals surface area (Å²) in [5, 5.41) is 3.42. The molecule has 1 aromatic carbocycles. The molecule has 1 atom stereocenters. The molecule has 2 rings (SSSR count). The minimum Gasteiger partial charge on any atom is -0.493 e. The maximum atomic E-state index is 5.58. The first kappa shape index (κ1) is 14.5. The summed E-state index contributed by atoms with van der Waals surface area (Å²) >= 11 is 0. The molecule has 0 fully saturated rings. The maximum absolute atomic E-state index is 5.58. The first-order chi connectivity index (χ1) is 9.74. The van der Waals surface area contributed by atoms with Gasteiger partial charge < -0.3 is 19.2 Å². The van der Waals surface area contributed by atoms with Crippen LogP contribution in [0.15, 0.2) is 41.0 Å². The van der Waals surface area contributed by atoms with Gasteiger partial charge in [0.2, 0.25) is 0 Å². The third kappa shape index (κ3) is 3.54. The molecule has 4 nitrogen and oxygen atoms in total. The van der Waals surface area contributed by atoms with Gasteiger partial charge in [-0.3, -0.25) is 0 Å². The third-order valence-electron chi connectivity index (χ3n) is 3.11. The lowest BCUT2D eigenvalue weighted by Gasteiger charge is -2.14. The van der Waals surface area contributed by atoms with Crippen LogP contribution in [0.25, 0.3) is 0 Å². The fraction of sp³-hybridized carbons (Fsp3) is 0.375. The maximum Gasteiger partial charge on any atom is 0.161 e. The van der Waals surface area contributed by atoms with E-state index in [-0.39, 0.29) is 6.04 Å². The summed E-state index contributed by atoms with van der Waals surface area (Å²) in [5.74, 6) is 2.47. The van der Waals surface area contributed by atoms with Crippen LogP contribution in [-0.4, -0.2) is 13.7 Å². The third-order valence-corrected chi connectivity index (χ3v) is 3.11. The highest BCUT2D eigenvalue weighted by Crippen LogP contribution is 2.28. The fourth-order valence-electron chi connectivity index (χ4n) is 2.01. The van der Waals surface area contributed by atoms with E-state index < -0.39 is 0 Å². The second kappa shape index (κ2) is 7.01. The summed E-state index contributed by atoms with van der Waals surface area (Å²) in [6, 6.07) is 10.0. The fourth-order valence-corrected chi connectivity index (χ4v) is 2.01. The quantitative estimate of drug-likeness (QED) is 0.839. The molecular weight excluding hydrogens is 254 g/mol. The Kier molecular flexibility index (Phi) is 5.07. The van der Waals surface area contributed by atoms with Crippen LogP contribution in [0.2, 0.25) is 0 Å². The Morgan fingerprint density at radius 3 is 2.75 bits per heavy atom. The zero-order valence-corrected chi connectivity index (χ0v) is 12.2. The topological polar surface area (TPSA) is 43.6 Å². The van der Waals surface area contributed by atoms with Crippen LogP contribution < -0.4 is 14.8 Å². The van der Waals surface area contributed by atoms with E-state index >= 15 is 0 Å². The predicted octanol–water partition coefficient (Wildman–Crippen LogP) is 3.54. The van der Waals surface area contributed by atoms with Crippen LogP contribution in [0.5, 0.6) is 11.5 Å². The van der Waals surface area contributed by atoms with Gasteiger partial charge in [-0.25, -0.2) is 0 Å². The summed E-state index contributed by atoms with van der Waals surface area (Å²) in [6.45, 7) is 5.40. The molecule has 1 aromatic heterocycles. The molecule has 0 bridgehead atoms. The summed E-state index contributed by atoms with van der Waals surface area (Å²) in [7, 11) is 1.65. The molecule has 0 amide bonds. The first-order valence-corrected chi connectivity index (χ1v) is 6.81. The number of nitrogens with one attached hydrogen (secondary N) is 1. The first-order valence-electron chi connectivity index (χ1n) is 6.81. The minimum atomic E-state index is 0.169. The molecule has 1 heterocycles. The lowest BCUT2D eigenvalue weighted by atomic mass is 10.1. The van der Waals surface area contributed by atoms with Crippen molar-refractivity contribution in [3.63, 3.8) is 0 Å². The SMILES string of the molecule is CCOc1cc(CNC(C)c2ccco2)ccc1OC. The van der Waals surface area contributed by atoms with E-state index in [0.29, 0.717) is 6.61 Å². The molecule has 1 N–H and O–H groups in total. The van der Waals surface area contributed by atoms with E-state index in [1.54, 1.807) is 13.4 Å². The Hall–Kier alpha value is -1.94. The number of methoxy groups -OCH3 is 1. The van der Waals surface area contributed by atoms with Gasteiger partial charge >= 0.3 is 0 Å². The molecule has 0 saturated heterocycles. The second-order valence-corrected chi connectivity index (χ2v) is 4.54. The largest absolute Gasteiger partial charge is 0.493 e. The molecule has 1 unspecified atom stereocenters. The number of benzene rings is 1. The summed E-state index contributed by atoms with van der Waals surface area (Å²) in [6.07, 6.45) is 1.69. The Balaban J connectivity index is 2.00. The molecule has 20 heavy (non-hydrogen) atoms. The van der Waals surface area contributed by atoms with Crippen LogP contribution in [0, 0.1) is 0 Å². The van der Waals surface area contributed by atoms with E-state index in [1.807, 2.05) is 37.3 Å².